The molecule has 0 bridgehead atoms. The lowest BCUT2D eigenvalue weighted by Crippen LogP contribution is -2.25. The summed E-state index contributed by atoms with van der Waals surface area (Å²) in [5.74, 6) is 0.679. The lowest BCUT2D eigenvalue weighted by molar-refractivity contribution is -0.391. The molecular formula is C16H14N6O4. The molecule has 26 heavy (non-hydrogen) atoms. The largest absolute Gasteiger partial charge is 0.482 e. The zero-order valence-corrected chi connectivity index (χ0v) is 13.7. The van der Waals surface area contributed by atoms with Gasteiger partial charge in [-0.25, -0.2) is 4.98 Å². The van der Waals surface area contributed by atoms with E-state index in [2.05, 4.69) is 20.7 Å². The summed E-state index contributed by atoms with van der Waals surface area (Å²) >= 11 is 0. The normalized spacial score (nSPS) is 14.3. The molecule has 132 valence electrons. The van der Waals surface area contributed by atoms with Gasteiger partial charge in [-0.05, 0) is 35.6 Å². The van der Waals surface area contributed by atoms with E-state index in [1.807, 2.05) is 19.1 Å². The molecule has 3 aromatic rings. The molecule has 2 N–H and O–H groups in total. The van der Waals surface area contributed by atoms with E-state index in [1.165, 1.54) is 10.7 Å². The molecule has 2 aromatic heterocycles. The summed E-state index contributed by atoms with van der Waals surface area (Å²) in [5.41, 5.74) is 1.90. The number of hydrogen-bond acceptors (Lipinski definition) is 7. The Balaban J connectivity index is 1.60. The van der Waals surface area contributed by atoms with E-state index < -0.39 is 4.92 Å². The van der Waals surface area contributed by atoms with Crippen molar-refractivity contribution in [3.8, 4) is 5.75 Å². The first-order valence-corrected chi connectivity index (χ1v) is 7.83. The van der Waals surface area contributed by atoms with Crippen molar-refractivity contribution >= 4 is 28.9 Å². The van der Waals surface area contributed by atoms with Crippen molar-refractivity contribution < 1.29 is 14.5 Å². The molecule has 1 aliphatic heterocycles. The molecule has 10 nitrogen and oxygen atoms in total. The van der Waals surface area contributed by atoms with Crippen LogP contribution in [0.4, 0.5) is 17.3 Å². The summed E-state index contributed by atoms with van der Waals surface area (Å²) in [6.07, 6.45) is 1.17. The zero-order chi connectivity index (χ0) is 18.3. The maximum atomic E-state index is 11.5. The summed E-state index contributed by atoms with van der Waals surface area (Å²) in [6.45, 7) is 1.93. The Labute approximate surface area is 146 Å². The van der Waals surface area contributed by atoms with Gasteiger partial charge in [-0.3, -0.25) is 4.79 Å². The van der Waals surface area contributed by atoms with Crippen LogP contribution in [0.3, 0.4) is 0 Å². The number of nitrogens with zero attached hydrogens (tertiary/aromatic N) is 4. The number of anilines is 2. The fraction of sp³-hybridized carbons (Fsp3) is 0.188. The Morgan fingerprint density at radius 1 is 1.38 bits per heavy atom. The van der Waals surface area contributed by atoms with E-state index in [4.69, 9.17) is 4.74 Å². The first-order chi connectivity index (χ1) is 12.5. The number of hydrogen-bond donors (Lipinski definition) is 2. The Hall–Kier alpha value is -3.69. The number of amides is 1. The van der Waals surface area contributed by atoms with E-state index in [9.17, 15) is 14.9 Å². The Kier molecular flexibility index (Phi) is 3.64. The topological polar surface area (TPSA) is 124 Å². The third kappa shape index (κ3) is 2.77. The van der Waals surface area contributed by atoms with E-state index in [-0.39, 0.29) is 24.4 Å². The molecule has 0 saturated heterocycles. The van der Waals surface area contributed by atoms with Crippen LogP contribution >= 0.6 is 0 Å². The average Bonchev–Trinajstić information content (AvgIpc) is 3.04. The van der Waals surface area contributed by atoms with Gasteiger partial charge in [-0.15, -0.1) is 0 Å². The van der Waals surface area contributed by atoms with Crippen LogP contribution in [0, 0.1) is 10.1 Å². The monoisotopic (exact) mass is 354 g/mol. The number of benzene rings is 1. The molecule has 1 aliphatic rings. The van der Waals surface area contributed by atoms with Gasteiger partial charge in [0.25, 0.3) is 5.91 Å². The van der Waals surface area contributed by atoms with Gasteiger partial charge in [0.1, 0.15) is 11.9 Å². The summed E-state index contributed by atoms with van der Waals surface area (Å²) in [5, 5.41) is 21.2. The molecule has 0 radical (unpaired) electrons. The molecule has 4 rings (SSSR count). The lowest BCUT2D eigenvalue weighted by Gasteiger charge is -2.21. The van der Waals surface area contributed by atoms with E-state index >= 15 is 0 Å². The molecule has 1 atom stereocenters. The second kappa shape index (κ2) is 5.99. The highest BCUT2D eigenvalue weighted by Crippen LogP contribution is 2.31. The van der Waals surface area contributed by atoms with Gasteiger partial charge in [0.2, 0.25) is 5.65 Å². The van der Waals surface area contributed by atoms with Crippen molar-refractivity contribution in [1.29, 1.82) is 0 Å². The van der Waals surface area contributed by atoms with Gasteiger partial charge in [0, 0.05) is 6.07 Å². The first-order valence-electron chi connectivity index (χ1n) is 7.83. The molecule has 1 amide bonds. The summed E-state index contributed by atoms with van der Waals surface area (Å²) in [6, 6.07) is 8.68. The number of aromatic nitrogens is 3. The van der Waals surface area contributed by atoms with E-state index in [0.717, 1.165) is 5.56 Å². The number of rotatable bonds is 4. The van der Waals surface area contributed by atoms with Crippen molar-refractivity contribution in [2.75, 3.05) is 17.2 Å². The summed E-state index contributed by atoms with van der Waals surface area (Å²) in [4.78, 5) is 25.9. The van der Waals surface area contributed by atoms with Crippen LogP contribution in [0.1, 0.15) is 18.5 Å². The number of ether oxygens (including phenoxy) is 1. The quantitative estimate of drug-likeness (QED) is 0.543. The number of carbonyl (C=O) groups excluding carboxylic acids is 1. The van der Waals surface area contributed by atoms with E-state index in [0.29, 0.717) is 22.9 Å². The van der Waals surface area contributed by atoms with Crippen molar-refractivity contribution in [3.63, 3.8) is 0 Å². The van der Waals surface area contributed by atoms with Gasteiger partial charge in [0.05, 0.1) is 11.7 Å². The number of carbonyl (C=O) groups is 1. The number of imidazole rings is 1. The molecule has 0 aliphatic carbocycles. The van der Waals surface area contributed by atoms with Crippen molar-refractivity contribution in [2.45, 2.75) is 13.0 Å². The van der Waals surface area contributed by atoms with Crippen LogP contribution in [-0.4, -0.2) is 32.0 Å². The maximum Gasteiger partial charge on any atom is 0.368 e. The molecule has 1 aromatic carbocycles. The summed E-state index contributed by atoms with van der Waals surface area (Å²) in [7, 11) is 0. The summed E-state index contributed by atoms with van der Waals surface area (Å²) < 4.78 is 6.52. The highest BCUT2D eigenvalue weighted by atomic mass is 16.6. The Bertz CT molecular complexity index is 1030. The van der Waals surface area contributed by atoms with Crippen molar-refractivity contribution in [1.82, 2.24) is 14.6 Å². The van der Waals surface area contributed by atoms with Gasteiger partial charge in [-0.1, -0.05) is 15.7 Å². The van der Waals surface area contributed by atoms with Crippen LogP contribution < -0.4 is 15.4 Å². The van der Waals surface area contributed by atoms with Crippen LogP contribution in [0.25, 0.3) is 5.65 Å². The molecule has 1 unspecified atom stereocenters. The lowest BCUT2D eigenvalue weighted by atomic mass is 10.1. The first kappa shape index (κ1) is 15.8. The highest BCUT2D eigenvalue weighted by molar-refractivity contribution is 5.95. The number of nitro groups is 1. The van der Waals surface area contributed by atoms with Gasteiger partial charge < -0.3 is 25.5 Å². The maximum absolute atomic E-state index is 11.5. The van der Waals surface area contributed by atoms with Crippen LogP contribution in [0.2, 0.25) is 0 Å². The second-order valence-corrected chi connectivity index (χ2v) is 5.82. The minimum atomic E-state index is -0.535. The van der Waals surface area contributed by atoms with Crippen LogP contribution in [0.15, 0.2) is 36.5 Å². The smallest absolute Gasteiger partial charge is 0.368 e. The number of nitrogens with one attached hydrogen (secondary N) is 2. The Morgan fingerprint density at radius 3 is 3.04 bits per heavy atom. The number of fused-ring (bicyclic) bond motifs is 2. The molecular weight excluding hydrogens is 340 g/mol. The van der Waals surface area contributed by atoms with Gasteiger partial charge in [-0.2, -0.15) is 0 Å². The Morgan fingerprint density at radius 2 is 2.23 bits per heavy atom. The van der Waals surface area contributed by atoms with E-state index in [1.54, 1.807) is 18.2 Å². The molecule has 10 heteroatoms. The zero-order valence-electron chi connectivity index (χ0n) is 13.7. The highest BCUT2D eigenvalue weighted by Gasteiger charge is 2.19. The molecule has 0 fully saturated rings. The minimum Gasteiger partial charge on any atom is -0.482 e. The average molecular weight is 354 g/mol. The van der Waals surface area contributed by atoms with Crippen LogP contribution in [0.5, 0.6) is 5.75 Å². The van der Waals surface area contributed by atoms with Gasteiger partial charge >= 0.3 is 5.82 Å². The second-order valence-electron chi connectivity index (χ2n) is 5.82. The van der Waals surface area contributed by atoms with Crippen LogP contribution in [-0.2, 0) is 4.79 Å². The van der Waals surface area contributed by atoms with Gasteiger partial charge in [0.15, 0.2) is 12.4 Å². The SMILES string of the molecule is CC(Nc1ccc2ncc([N+](=O)[O-])n2n1)c1ccc2c(c1)NC(=O)CO2. The third-order valence-electron chi connectivity index (χ3n) is 4.03. The predicted molar refractivity (Wildman–Crippen MR) is 92.2 cm³/mol. The fourth-order valence-corrected chi connectivity index (χ4v) is 2.74. The standard InChI is InChI=1S/C16H14N6O4/c1-9(10-2-3-12-11(6-10)19-15(23)8-26-12)18-13-4-5-14-17-7-16(22(24)25)21(14)20-13/h2-7,9H,8H2,1H3,(H,18,20)(H,19,23). The third-order valence-corrected chi connectivity index (χ3v) is 4.03. The van der Waals surface area contributed by atoms with Crippen molar-refractivity contribution in [2.24, 2.45) is 0 Å². The predicted octanol–water partition coefficient (Wildman–Crippen LogP) is 2.14. The molecule has 0 saturated carbocycles. The molecule has 3 heterocycles. The minimum absolute atomic E-state index is 0.00771. The van der Waals surface area contributed by atoms with Crippen molar-refractivity contribution in [3.05, 3.63) is 52.2 Å². The molecule has 0 spiro atoms. The fourth-order valence-electron chi connectivity index (χ4n) is 2.74.